The Hall–Kier alpha value is -1.00. The van der Waals surface area contributed by atoms with Crippen LogP contribution < -0.4 is 5.73 Å². The monoisotopic (exact) mass is 250 g/mol. The zero-order valence-corrected chi connectivity index (χ0v) is 11.0. The van der Waals surface area contributed by atoms with Crippen molar-refractivity contribution >= 4 is 28.8 Å². The van der Waals surface area contributed by atoms with Gasteiger partial charge in [-0.05, 0) is 37.6 Å². The highest BCUT2D eigenvalue weighted by Gasteiger charge is 2.01. The molecule has 0 bridgehead atoms. The van der Waals surface area contributed by atoms with E-state index in [1.54, 1.807) is 23.1 Å². The number of nitrogen functional groups attached to an aromatic ring is 1. The minimum atomic E-state index is 0.855. The first-order valence-corrected chi connectivity index (χ1v) is 6.91. The number of aryl methyl sites for hydroxylation is 2. The Morgan fingerprint density at radius 1 is 1.38 bits per heavy atom. The van der Waals surface area contributed by atoms with Gasteiger partial charge in [-0.15, -0.1) is 23.1 Å². The second-order valence-corrected chi connectivity index (χ2v) is 5.78. The van der Waals surface area contributed by atoms with Crippen molar-refractivity contribution in [3.8, 4) is 0 Å². The third-order valence-electron chi connectivity index (χ3n) is 2.29. The van der Waals surface area contributed by atoms with Crippen molar-refractivity contribution in [3.05, 3.63) is 39.8 Å². The van der Waals surface area contributed by atoms with Gasteiger partial charge >= 0.3 is 0 Å². The number of thiazole rings is 1. The average molecular weight is 250 g/mol. The fraction of sp³-hybridized carbons (Fsp3) is 0.250. The first kappa shape index (κ1) is 11.5. The van der Waals surface area contributed by atoms with Crippen molar-refractivity contribution in [3.63, 3.8) is 0 Å². The lowest BCUT2D eigenvalue weighted by Gasteiger charge is -2.03. The van der Waals surface area contributed by atoms with Crippen LogP contribution in [0.5, 0.6) is 0 Å². The first-order chi connectivity index (χ1) is 7.65. The van der Waals surface area contributed by atoms with E-state index in [9.17, 15) is 0 Å². The van der Waals surface area contributed by atoms with Gasteiger partial charge in [-0.2, -0.15) is 0 Å². The molecule has 0 saturated heterocycles. The quantitative estimate of drug-likeness (QED) is 0.668. The summed E-state index contributed by atoms with van der Waals surface area (Å²) in [7, 11) is 0. The molecule has 2 rings (SSSR count). The van der Waals surface area contributed by atoms with E-state index in [4.69, 9.17) is 5.73 Å². The van der Waals surface area contributed by atoms with Crippen LogP contribution in [0.15, 0.2) is 28.5 Å². The Bertz CT molecular complexity index is 492. The molecule has 2 N–H and O–H groups in total. The molecule has 0 spiro atoms. The second kappa shape index (κ2) is 4.89. The van der Waals surface area contributed by atoms with Crippen LogP contribution >= 0.6 is 23.1 Å². The standard InChI is InChI=1S/C12H14N2S2/c1-8-5-11(3-4-12(8)13)16-7-10-6-15-9(2)14-10/h3-6H,7,13H2,1-2H3. The van der Waals surface area contributed by atoms with Crippen LogP contribution in [0.4, 0.5) is 5.69 Å². The summed E-state index contributed by atoms with van der Waals surface area (Å²) in [6.07, 6.45) is 0. The number of rotatable bonds is 3. The van der Waals surface area contributed by atoms with Gasteiger partial charge in [-0.1, -0.05) is 0 Å². The molecule has 0 aliphatic rings. The summed E-state index contributed by atoms with van der Waals surface area (Å²) >= 11 is 3.50. The molecular formula is C12H14N2S2. The molecule has 4 heteroatoms. The van der Waals surface area contributed by atoms with Crippen LogP contribution in [0.25, 0.3) is 0 Å². The highest BCUT2D eigenvalue weighted by Crippen LogP contribution is 2.26. The fourth-order valence-corrected chi connectivity index (χ4v) is 2.97. The van der Waals surface area contributed by atoms with Gasteiger partial charge in [-0.3, -0.25) is 0 Å². The van der Waals surface area contributed by atoms with E-state index >= 15 is 0 Å². The van der Waals surface area contributed by atoms with Crippen molar-refractivity contribution in [1.82, 2.24) is 4.98 Å². The smallest absolute Gasteiger partial charge is 0.0897 e. The van der Waals surface area contributed by atoms with E-state index < -0.39 is 0 Å². The maximum Gasteiger partial charge on any atom is 0.0897 e. The van der Waals surface area contributed by atoms with Crippen molar-refractivity contribution in [2.24, 2.45) is 0 Å². The second-order valence-electron chi connectivity index (χ2n) is 3.66. The minimum Gasteiger partial charge on any atom is -0.399 e. The van der Waals surface area contributed by atoms with Crippen LogP contribution in [-0.4, -0.2) is 4.98 Å². The summed E-state index contributed by atoms with van der Waals surface area (Å²) in [5.74, 6) is 0.924. The van der Waals surface area contributed by atoms with Gasteiger partial charge in [0.1, 0.15) is 0 Å². The molecule has 0 atom stereocenters. The Kier molecular flexibility index (Phi) is 3.51. The van der Waals surface area contributed by atoms with Gasteiger partial charge in [0.2, 0.25) is 0 Å². The molecule has 0 saturated carbocycles. The van der Waals surface area contributed by atoms with Gasteiger partial charge < -0.3 is 5.73 Å². The van der Waals surface area contributed by atoms with E-state index in [0.717, 1.165) is 27.7 Å². The topological polar surface area (TPSA) is 38.9 Å². The van der Waals surface area contributed by atoms with Gasteiger partial charge in [0.05, 0.1) is 10.7 Å². The summed E-state index contributed by atoms with van der Waals surface area (Å²) in [4.78, 5) is 5.69. The largest absolute Gasteiger partial charge is 0.399 e. The van der Waals surface area contributed by atoms with Crippen LogP contribution in [0.1, 0.15) is 16.3 Å². The molecule has 1 aromatic carbocycles. The Labute approximate surface area is 104 Å². The Morgan fingerprint density at radius 3 is 2.81 bits per heavy atom. The third-order valence-corrected chi connectivity index (χ3v) is 4.14. The predicted molar refractivity (Wildman–Crippen MR) is 72.0 cm³/mol. The zero-order chi connectivity index (χ0) is 11.5. The molecule has 1 heterocycles. The number of thioether (sulfide) groups is 1. The zero-order valence-electron chi connectivity index (χ0n) is 9.36. The summed E-state index contributed by atoms with van der Waals surface area (Å²) in [6.45, 7) is 4.07. The van der Waals surface area contributed by atoms with E-state index in [0.29, 0.717) is 0 Å². The molecular weight excluding hydrogens is 236 g/mol. The first-order valence-electron chi connectivity index (χ1n) is 5.05. The SMILES string of the molecule is Cc1nc(CSc2ccc(N)c(C)c2)cs1. The molecule has 1 aromatic heterocycles. The number of nitrogens with two attached hydrogens (primary N) is 1. The lowest BCUT2D eigenvalue weighted by atomic mass is 10.2. The van der Waals surface area contributed by atoms with E-state index in [2.05, 4.69) is 22.5 Å². The van der Waals surface area contributed by atoms with Gasteiger partial charge in [0, 0.05) is 21.7 Å². The van der Waals surface area contributed by atoms with Crippen LogP contribution in [-0.2, 0) is 5.75 Å². The lowest BCUT2D eigenvalue weighted by molar-refractivity contribution is 1.18. The number of anilines is 1. The van der Waals surface area contributed by atoms with Crippen LogP contribution in [0, 0.1) is 13.8 Å². The molecule has 0 aliphatic heterocycles. The van der Waals surface area contributed by atoms with Crippen molar-refractivity contribution in [2.75, 3.05) is 5.73 Å². The van der Waals surface area contributed by atoms with Crippen molar-refractivity contribution in [1.29, 1.82) is 0 Å². The predicted octanol–water partition coefficient (Wildman–Crippen LogP) is 3.63. The van der Waals surface area contributed by atoms with E-state index in [1.807, 2.05) is 19.9 Å². The summed E-state index contributed by atoms with van der Waals surface area (Å²) < 4.78 is 0. The molecule has 2 aromatic rings. The van der Waals surface area contributed by atoms with Crippen molar-refractivity contribution < 1.29 is 0 Å². The molecule has 2 nitrogen and oxygen atoms in total. The molecule has 0 amide bonds. The Morgan fingerprint density at radius 2 is 2.19 bits per heavy atom. The van der Waals surface area contributed by atoms with Gasteiger partial charge in [0.25, 0.3) is 0 Å². The molecule has 0 radical (unpaired) electrons. The summed E-state index contributed by atoms with van der Waals surface area (Å²) in [5, 5.41) is 3.25. The van der Waals surface area contributed by atoms with E-state index in [1.165, 1.54) is 4.90 Å². The number of benzene rings is 1. The fourth-order valence-electron chi connectivity index (χ4n) is 1.37. The maximum atomic E-state index is 5.78. The summed E-state index contributed by atoms with van der Waals surface area (Å²) in [5.41, 5.74) is 8.93. The molecule has 84 valence electrons. The maximum absolute atomic E-state index is 5.78. The minimum absolute atomic E-state index is 0.855. The van der Waals surface area contributed by atoms with Crippen LogP contribution in [0.3, 0.4) is 0 Å². The number of hydrogen-bond acceptors (Lipinski definition) is 4. The molecule has 0 fully saturated rings. The van der Waals surface area contributed by atoms with Gasteiger partial charge in [0.15, 0.2) is 0 Å². The van der Waals surface area contributed by atoms with E-state index in [-0.39, 0.29) is 0 Å². The van der Waals surface area contributed by atoms with Gasteiger partial charge in [-0.25, -0.2) is 4.98 Å². The van der Waals surface area contributed by atoms with Crippen molar-refractivity contribution in [2.45, 2.75) is 24.5 Å². The third kappa shape index (κ3) is 2.77. The highest BCUT2D eigenvalue weighted by atomic mass is 32.2. The average Bonchev–Trinajstić information content (AvgIpc) is 2.66. The number of hydrogen-bond donors (Lipinski definition) is 1. The normalized spacial score (nSPS) is 10.6. The number of aromatic nitrogens is 1. The summed E-state index contributed by atoms with van der Waals surface area (Å²) in [6, 6.07) is 6.15. The van der Waals surface area contributed by atoms with Crippen LogP contribution in [0.2, 0.25) is 0 Å². The molecule has 0 unspecified atom stereocenters. The molecule has 0 aliphatic carbocycles. The highest BCUT2D eigenvalue weighted by molar-refractivity contribution is 7.98. The lowest BCUT2D eigenvalue weighted by Crippen LogP contribution is -1.89. The number of nitrogens with zero attached hydrogens (tertiary/aromatic N) is 1. The Balaban J connectivity index is 2.02. The molecule has 16 heavy (non-hydrogen) atoms.